The monoisotopic (exact) mass is 223 g/mol. The maximum absolute atomic E-state index is 4.41. The lowest BCUT2D eigenvalue weighted by Crippen LogP contribution is -2.54. The van der Waals surface area contributed by atoms with Gasteiger partial charge in [0.2, 0.25) is 0 Å². The minimum atomic E-state index is 0.611. The van der Waals surface area contributed by atoms with E-state index in [1.165, 1.54) is 26.1 Å². The van der Waals surface area contributed by atoms with Crippen LogP contribution in [0.2, 0.25) is 0 Å². The fourth-order valence-electron chi connectivity index (χ4n) is 3.01. The zero-order valence-corrected chi connectivity index (χ0v) is 9.86. The molecule has 1 aromatic heterocycles. The molecule has 0 N–H and O–H groups in total. The lowest BCUT2D eigenvalue weighted by Gasteiger charge is -2.49. The van der Waals surface area contributed by atoms with Crippen molar-refractivity contribution in [3.8, 4) is 0 Å². The Morgan fingerprint density at radius 2 is 2.33 bits per heavy atom. The third-order valence-corrected chi connectivity index (χ3v) is 4.91. The van der Waals surface area contributed by atoms with Crippen molar-refractivity contribution >= 4 is 11.8 Å². The number of rotatable bonds is 2. The van der Waals surface area contributed by atoms with E-state index < -0.39 is 0 Å². The van der Waals surface area contributed by atoms with E-state index >= 15 is 0 Å². The summed E-state index contributed by atoms with van der Waals surface area (Å²) in [5, 5.41) is 5.22. The summed E-state index contributed by atoms with van der Waals surface area (Å²) in [6.07, 6.45) is 7.60. The minimum absolute atomic E-state index is 0.611. The highest BCUT2D eigenvalue weighted by Gasteiger charge is 2.41. The summed E-state index contributed by atoms with van der Waals surface area (Å²) < 4.78 is 2.17. The summed E-state index contributed by atoms with van der Waals surface area (Å²) in [5.41, 5.74) is 0. The van der Waals surface area contributed by atoms with E-state index in [-0.39, 0.29) is 0 Å². The molecule has 0 spiro atoms. The predicted molar refractivity (Wildman–Crippen MR) is 63.1 cm³/mol. The number of piperidine rings is 3. The van der Waals surface area contributed by atoms with Crippen LogP contribution in [0.25, 0.3) is 0 Å². The fourth-order valence-corrected chi connectivity index (χ4v) is 4.04. The molecular weight excluding hydrogens is 206 g/mol. The van der Waals surface area contributed by atoms with Crippen molar-refractivity contribution in [3.05, 3.63) is 18.5 Å². The molecule has 3 saturated heterocycles. The molecule has 3 aliphatic rings. The Labute approximate surface area is 94.8 Å². The topological polar surface area (TPSA) is 21.1 Å². The van der Waals surface area contributed by atoms with Gasteiger partial charge in [0.25, 0.3) is 0 Å². The van der Waals surface area contributed by atoms with Gasteiger partial charge in [-0.2, -0.15) is 16.9 Å². The Morgan fingerprint density at radius 3 is 3.00 bits per heavy atom. The van der Waals surface area contributed by atoms with Gasteiger partial charge in [-0.3, -0.25) is 4.68 Å². The largest absolute Gasteiger partial charge is 0.300 e. The summed E-state index contributed by atoms with van der Waals surface area (Å²) in [6, 6.07) is 2.64. The van der Waals surface area contributed by atoms with Gasteiger partial charge in [-0.15, -0.1) is 0 Å². The Bertz CT molecular complexity index is 325. The van der Waals surface area contributed by atoms with E-state index in [0.717, 1.165) is 11.2 Å². The Morgan fingerprint density at radius 1 is 1.40 bits per heavy atom. The number of fused-ring (bicyclic) bond motifs is 3. The summed E-state index contributed by atoms with van der Waals surface area (Å²) >= 11 is 2.03. The van der Waals surface area contributed by atoms with Crippen molar-refractivity contribution in [2.24, 2.45) is 5.92 Å². The summed E-state index contributed by atoms with van der Waals surface area (Å²) in [5.74, 6) is 0.824. The van der Waals surface area contributed by atoms with Crippen LogP contribution in [0.5, 0.6) is 0 Å². The van der Waals surface area contributed by atoms with Crippen LogP contribution in [0.4, 0.5) is 0 Å². The quantitative estimate of drug-likeness (QED) is 0.758. The molecule has 4 unspecified atom stereocenters. The maximum Gasteiger partial charge on any atom is 0.0685 e. The van der Waals surface area contributed by atoms with Crippen LogP contribution in [0.3, 0.4) is 0 Å². The number of thioether (sulfide) groups is 1. The average Bonchev–Trinajstić information content (AvgIpc) is 2.82. The van der Waals surface area contributed by atoms with Crippen molar-refractivity contribution in [1.82, 2.24) is 14.7 Å². The lowest BCUT2D eigenvalue weighted by atomic mass is 9.83. The van der Waals surface area contributed by atoms with Crippen molar-refractivity contribution in [2.45, 2.75) is 17.7 Å². The minimum Gasteiger partial charge on any atom is -0.300 e. The zero-order chi connectivity index (χ0) is 10.3. The fraction of sp³-hybridized carbons (Fsp3) is 0.727. The van der Waals surface area contributed by atoms with Crippen LogP contribution in [0.1, 0.15) is 12.5 Å². The molecule has 4 rings (SSSR count). The molecular formula is C11H17N3S. The second-order valence-corrected chi connectivity index (χ2v) is 5.62. The van der Waals surface area contributed by atoms with E-state index in [4.69, 9.17) is 0 Å². The normalized spacial score (nSPS) is 39.5. The van der Waals surface area contributed by atoms with E-state index in [1.54, 1.807) is 0 Å². The van der Waals surface area contributed by atoms with Crippen LogP contribution < -0.4 is 0 Å². The second-order valence-electron chi connectivity index (χ2n) is 4.54. The first kappa shape index (κ1) is 9.73. The van der Waals surface area contributed by atoms with E-state index in [2.05, 4.69) is 27.1 Å². The molecule has 4 heteroatoms. The van der Waals surface area contributed by atoms with Crippen LogP contribution in [0, 0.1) is 5.92 Å². The molecule has 3 nitrogen and oxygen atoms in total. The van der Waals surface area contributed by atoms with Crippen molar-refractivity contribution in [3.63, 3.8) is 0 Å². The van der Waals surface area contributed by atoms with Crippen LogP contribution in [-0.2, 0) is 0 Å². The van der Waals surface area contributed by atoms with Gasteiger partial charge in [-0.05, 0) is 31.2 Å². The molecule has 3 aliphatic heterocycles. The first-order chi connectivity index (χ1) is 7.38. The summed E-state index contributed by atoms with van der Waals surface area (Å²) in [6.45, 7) is 3.77. The Kier molecular flexibility index (Phi) is 2.48. The molecule has 1 aromatic rings. The molecule has 82 valence electrons. The van der Waals surface area contributed by atoms with E-state index in [1.807, 2.05) is 24.0 Å². The summed E-state index contributed by atoms with van der Waals surface area (Å²) in [4.78, 5) is 2.59. The van der Waals surface area contributed by atoms with Gasteiger partial charge in [0.1, 0.15) is 0 Å². The van der Waals surface area contributed by atoms with E-state index in [9.17, 15) is 0 Å². The molecule has 4 heterocycles. The van der Waals surface area contributed by atoms with Gasteiger partial charge in [-0.25, -0.2) is 0 Å². The van der Waals surface area contributed by atoms with Crippen LogP contribution >= 0.6 is 11.8 Å². The standard InChI is InChI=1S/C11H17N3S/c1-15-11-8-13-6-3-9(11)10(7-13)14-5-2-4-12-14/h2,4-5,9-11H,3,6-8H2,1H3. The number of nitrogens with zero attached hydrogens (tertiary/aromatic N) is 3. The van der Waals surface area contributed by atoms with Gasteiger partial charge in [0.05, 0.1) is 6.04 Å². The number of aromatic nitrogens is 2. The molecule has 4 atom stereocenters. The van der Waals surface area contributed by atoms with Crippen LogP contribution in [-0.4, -0.2) is 45.8 Å². The maximum atomic E-state index is 4.41. The van der Waals surface area contributed by atoms with Gasteiger partial charge in [-0.1, -0.05) is 0 Å². The van der Waals surface area contributed by atoms with Crippen LogP contribution in [0.15, 0.2) is 18.5 Å². The smallest absolute Gasteiger partial charge is 0.0685 e. The third kappa shape index (κ3) is 1.60. The first-order valence-corrected chi connectivity index (χ1v) is 6.91. The second kappa shape index (κ2) is 3.83. The molecule has 15 heavy (non-hydrogen) atoms. The number of hydrogen-bond donors (Lipinski definition) is 0. The average molecular weight is 223 g/mol. The molecule has 0 saturated carbocycles. The Hall–Kier alpha value is -0.480. The van der Waals surface area contributed by atoms with E-state index in [0.29, 0.717) is 6.04 Å². The van der Waals surface area contributed by atoms with Gasteiger partial charge in [0.15, 0.2) is 0 Å². The van der Waals surface area contributed by atoms with Crippen molar-refractivity contribution in [2.75, 3.05) is 25.9 Å². The molecule has 3 fully saturated rings. The van der Waals surface area contributed by atoms with Crippen molar-refractivity contribution in [1.29, 1.82) is 0 Å². The van der Waals surface area contributed by atoms with Gasteiger partial charge in [0, 0.05) is 30.7 Å². The van der Waals surface area contributed by atoms with Crippen molar-refractivity contribution < 1.29 is 0 Å². The number of hydrogen-bond acceptors (Lipinski definition) is 3. The highest BCUT2D eigenvalue weighted by molar-refractivity contribution is 7.99. The predicted octanol–water partition coefficient (Wildman–Crippen LogP) is 1.49. The molecule has 0 aliphatic carbocycles. The third-order valence-electron chi connectivity index (χ3n) is 3.80. The van der Waals surface area contributed by atoms with Gasteiger partial charge < -0.3 is 4.90 Å². The lowest BCUT2D eigenvalue weighted by molar-refractivity contribution is 0.0575. The highest BCUT2D eigenvalue weighted by Crippen LogP contribution is 2.39. The molecule has 2 bridgehead atoms. The SMILES string of the molecule is CSC1CN2CCC1C(n1cccn1)C2. The zero-order valence-electron chi connectivity index (χ0n) is 9.04. The Balaban J connectivity index is 1.85. The molecule has 0 radical (unpaired) electrons. The molecule has 0 amide bonds. The molecule has 0 aromatic carbocycles. The highest BCUT2D eigenvalue weighted by atomic mass is 32.2. The van der Waals surface area contributed by atoms with Gasteiger partial charge >= 0.3 is 0 Å². The summed E-state index contributed by atoms with van der Waals surface area (Å²) in [7, 11) is 0. The first-order valence-electron chi connectivity index (χ1n) is 5.63.